The van der Waals surface area contributed by atoms with E-state index in [1.807, 2.05) is 13.8 Å². The van der Waals surface area contributed by atoms with E-state index in [1.54, 1.807) is 19.1 Å². The lowest BCUT2D eigenvalue weighted by Crippen LogP contribution is -1.98. The first-order chi connectivity index (χ1) is 8.56. The van der Waals surface area contributed by atoms with E-state index < -0.39 is 0 Å². The third-order valence-electron chi connectivity index (χ3n) is 2.48. The standard InChI is InChI=1S/C13H15FN2O2/c1-8(2)13-15-12(16-18-13)7-17-10-4-5-11(14)9(3)6-10/h4-6,8H,7H2,1-3H3. The van der Waals surface area contributed by atoms with Crippen molar-refractivity contribution in [2.45, 2.75) is 33.3 Å². The second-order valence-corrected chi connectivity index (χ2v) is 4.40. The van der Waals surface area contributed by atoms with Gasteiger partial charge in [-0.05, 0) is 30.7 Å². The van der Waals surface area contributed by atoms with Crippen molar-refractivity contribution in [2.24, 2.45) is 0 Å². The predicted octanol–water partition coefficient (Wildman–Crippen LogP) is 3.22. The van der Waals surface area contributed by atoms with Gasteiger partial charge < -0.3 is 9.26 Å². The lowest BCUT2D eigenvalue weighted by atomic mass is 10.2. The van der Waals surface area contributed by atoms with E-state index in [4.69, 9.17) is 9.26 Å². The molecule has 4 nitrogen and oxygen atoms in total. The molecular weight excluding hydrogens is 235 g/mol. The Balaban J connectivity index is 2.00. The van der Waals surface area contributed by atoms with Crippen molar-refractivity contribution in [3.8, 4) is 5.75 Å². The van der Waals surface area contributed by atoms with Crippen molar-refractivity contribution in [3.05, 3.63) is 41.3 Å². The quantitative estimate of drug-likeness (QED) is 0.835. The summed E-state index contributed by atoms with van der Waals surface area (Å²) in [6.45, 7) is 5.84. The number of hydrogen-bond acceptors (Lipinski definition) is 4. The van der Waals surface area contributed by atoms with Gasteiger partial charge in [-0.25, -0.2) is 4.39 Å². The summed E-state index contributed by atoms with van der Waals surface area (Å²) in [6, 6.07) is 4.59. The maximum absolute atomic E-state index is 13.1. The third kappa shape index (κ3) is 2.85. The molecule has 0 bridgehead atoms. The van der Waals surface area contributed by atoms with Gasteiger partial charge in [-0.2, -0.15) is 4.98 Å². The molecule has 18 heavy (non-hydrogen) atoms. The van der Waals surface area contributed by atoms with Crippen molar-refractivity contribution >= 4 is 0 Å². The number of aryl methyl sites for hydroxylation is 1. The van der Waals surface area contributed by atoms with Crippen LogP contribution in [0.4, 0.5) is 4.39 Å². The summed E-state index contributed by atoms with van der Waals surface area (Å²) in [4.78, 5) is 4.19. The van der Waals surface area contributed by atoms with Crippen molar-refractivity contribution in [1.29, 1.82) is 0 Å². The molecule has 96 valence electrons. The van der Waals surface area contributed by atoms with Crippen LogP contribution in [-0.2, 0) is 6.61 Å². The lowest BCUT2D eigenvalue weighted by Gasteiger charge is -2.04. The Morgan fingerprint density at radius 2 is 2.17 bits per heavy atom. The average Bonchev–Trinajstić information content (AvgIpc) is 2.79. The highest BCUT2D eigenvalue weighted by Crippen LogP contribution is 2.17. The summed E-state index contributed by atoms with van der Waals surface area (Å²) in [5, 5.41) is 3.81. The minimum Gasteiger partial charge on any atom is -0.485 e. The molecule has 0 aliphatic heterocycles. The molecule has 0 aliphatic carbocycles. The number of hydrogen-bond donors (Lipinski definition) is 0. The minimum absolute atomic E-state index is 0.194. The fourth-order valence-corrected chi connectivity index (χ4v) is 1.42. The van der Waals surface area contributed by atoms with Crippen molar-refractivity contribution in [1.82, 2.24) is 10.1 Å². The molecular formula is C13H15FN2O2. The highest BCUT2D eigenvalue weighted by molar-refractivity contribution is 5.28. The maximum Gasteiger partial charge on any atom is 0.229 e. The maximum atomic E-state index is 13.1. The first-order valence-electron chi connectivity index (χ1n) is 5.77. The van der Waals surface area contributed by atoms with Gasteiger partial charge in [0.2, 0.25) is 11.7 Å². The van der Waals surface area contributed by atoms with Gasteiger partial charge >= 0.3 is 0 Å². The largest absolute Gasteiger partial charge is 0.485 e. The average molecular weight is 250 g/mol. The van der Waals surface area contributed by atoms with Crippen LogP contribution < -0.4 is 4.74 Å². The summed E-state index contributed by atoms with van der Waals surface area (Å²) in [5.74, 6) is 1.61. The normalized spacial score (nSPS) is 10.9. The number of rotatable bonds is 4. The molecule has 0 spiro atoms. The van der Waals surface area contributed by atoms with E-state index in [-0.39, 0.29) is 18.3 Å². The molecule has 0 radical (unpaired) electrons. The molecule has 0 atom stereocenters. The molecule has 1 aromatic heterocycles. The molecule has 0 saturated heterocycles. The Bertz CT molecular complexity index is 538. The van der Waals surface area contributed by atoms with Crippen LogP contribution in [0.2, 0.25) is 0 Å². The zero-order chi connectivity index (χ0) is 13.1. The summed E-state index contributed by atoms with van der Waals surface area (Å²) in [6.07, 6.45) is 0. The Morgan fingerprint density at radius 1 is 1.39 bits per heavy atom. The second-order valence-electron chi connectivity index (χ2n) is 4.40. The smallest absolute Gasteiger partial charge is 0.229 e. The van der Waals surface area contributed by atoms with Crippen molar-refractivity contribution in [3.63, 3.8) is 0 Å². The SMILES string of the molecule is Cc1cc(OCc2noc(C(C)C)n2)ccc1F. The Labute approximate surface area is 105 Å². The van der Waals surface area contributed by atoms with Crippen LogP contribution in [0.15, 0.2) is 22.7 Å². The molecule has 1 heterocycles. The summed E-state index contributed by atoms with van der Waals surface area (Å²) >= 11 is 0. The van der Waals surface area contributed by atoms with Gasteiger partial charge in [0.25, 0.3) is 0 Å². The van der Waals surface area contributed by atoms with Gasteiger partial charge in [0, 0.05) is 5.92 Å². The van der Waals surface area contributed by atoms with Gasteiger partial charge in [-0.3, -0.25) is 0 Å². The number of benzene rings is 1. The lowest BCUT2D eigenvalue weighted by molar-refractivity contribution is 0.284. The number of nitrogens with zero attached hydrogens (tertiary/aromatic N) is 2. The summed E-state index contributed by atoms with van der Waals surface area (Å²) in [7, 11) is 0. The predicted molar refractivity (Wildman–Crippen MR) is 63.9 cm³/mol. The van der Waals surface area contributed by atoms with E-state index in [9.17, 15) is 4.39 Å². The van der Waals surface area contributed by atoms with Crippen molar-refractivity contribution in [2.75, 3.05) is 0 Å². The van der Waals surface area contributed by atoms with Gasteiger partial charge in [0.05, 0.1) is 0 Å². The highest BCUT2D eigenvalue weighted by Gasteiger charge is 2.10. The van der Waals surface area contributed by atoms with Gasteiger partial charge in [0.1, 0.15) is 11.6 Å². The van der Waals surface area contributed by atoms with E-state index >= 15 is 0 Å². The fourth-order valence-electron chi connectivity index (χ4n) is 1.42. The van der Waals surface area contributed by atoms with Crippen molar-refractivity contribution < 1.29 is 13.7 Å². The van der Waals surface area contributed by atoms with Gasteiger partial charge in [0.15, 0.2) is 6.61 Å². The van der Waals surface area contributed by atoms with Crippen LogP contribution >= 0.6 is 0 Å². The van der Waals surface area contributed by atoms with Crippen LogP contribution in [0, 0.1) is 12.7 Å². The van der Waals surface area contributed by atoms with Gasteiger partial charge in [-0.15, -0.1) is 0 Å². The van der Waals surface area contributed by atoms with E-state index in [0.717, 1.165) is 0 Å². The first kappa shape index (κ1) is 12.5. The highest BCUT2D eigenvalue weighted by atomic mass is 19.1. The minimum atomic E-state index is -0.246. The monoisotopic (exact) mass is 250 g/mol. The molecule has 0 fully saturated rings. The number of ether oxygens (including phenoxy) is 1. The summed E-state index contributed by atoms with van der Waals surface area (Å²) in [5.41, 5.74) is 0.545. The summed E-state index contributed by atoms with van der Waals surface area (Å²) < 4.78 is 23.6. The fraction of sp³-hybridized carbons (Fsp3) is 0.385. The molecule has 1 aromatic carbocycles. The molecule has 0 saturated carbocycles. The van der Waals surface area contributed by atoms with E-state index in [2.05, 4.69) is 10.1 Å². The van der Waals surface area contributed by atoms with E-state index in [1.165, 1.54) is 6.07 Å². The molecule has 2 rings (SSSR count). The molecule has 0 amide bonds. The van der Waals surface area contributed by atoms with Gasteiger partial charge in [-0.1, -0.05) is 19.0 Å². The zero-order valence-electron chi connectivity index (χ0n) is 10.6. The second kappa shape index (κ2) is 5.16. The van der Waals surface area contributed by atoms with Crippen LogP contribution in [0.5, 0.6) is 5.75 Å². The Kier molecular flexibility index (Phi) is 3.60. The van der Waals surface area contributed by atoms with Crippen LogP contribution in [0.25, 0.3) is 0 Å². The third-order valence-corrected chi connectivity index (χ3v) is 2.48. The molecule has 0 N–H and O–H groups in total. The molecule has 5 heteroatoms. The Morgan fingerprint density at radius 3 is 2.78 bits per heavy atom. The Hall–Kier alpha value is -1.91. The van der Waals surface area contributed by atoms with Crippen LogP contribution in [0.1, 0.15) is 37.0 Å². The number of halogens is 1. The molecule has 2 aromatic rings. The molecule has 0 unspecified atom stereocenters. The van der Waals surface area contributed by atoms with Crippen LogP contribution in [-0.4, -0.2) is 10.1 Å². The topological polar surface area (TPSA) is 48.2 Å². The van der Waals surface area contributed by atoms with E-state index in [0.29, 0.717) is 23.0 Å². The van der Waals surface area contributed by atoms with Crippen LogP contribution in [0.3, 0.4) is 0 Å². The number of aromatic nitrogens is 2. The zero-order valence-corrected chi connectivity index (χ0v) is 10.6. The molecule has 0 aliphatic rings. The first-order valence-corrected chi connectivity index (χ1v) is 5.77.